The number of carbonyl (C=O) groups is 2. The van der Waals surface area contributed by atoms with Crippen molar-refractivity contribution in [1.82, 2.24) is 21.3 Å². The Hall–Kier alpha value is -1.10. The first-order valence-corrected chi connectivity index (χ1v) is 12.2. The zero-order chi connectivity index (χ0) is 22.8. The second kappa shape index (κ2) is 25.2. The van der Waals surface area contributed by atoms with Gasteiger partial charge < -0.3 is 37.5 Å². The molecule has 0 fully saturated rings. The molecule has 0 aromatic rings. The molecule has 0 bridgehead atoms. The lowest BCUT2D eigenvalue weighted by Crippen LogP contribution is -2.31. The van der Waals surface area contributed by atoms with Crippen molar-refractivity contribution in [3.63, 3.8) is 0 Å². The van der Waals surface area contributed by atoms with Crippen molar-refractivity contribution in [2.24, 2.45) is 11.5 Å². The molecule has 0 rings (SSSR count). The van der Waals surface area contributed by atoms with E-state index in [9.17, 15) is 9.59 Å². The van der Waals surface area contributed by atoms with Crippen molar-refractivity contribution in [3.05, 3.63) is 0 Å². The molecular formula is C22H48N6O3. The Morgan fingerprint density at radius 2 is 0.839 bits per heavy atom. The van der Waals surface area contributed by atoms with Crippen molar-refractivity contribution in [2.45, 2.75) is 64.2 Å². The Kier molecular flexibility index (Phi) is 24.3. The third kappa shape index (κ3) is 25.0. The number of hydrogen-bond donors (Lipinski definition) is 6. The molecule has 0 saturated carbocycles. The fraction of sp³-hybridized carbons (Fsp3) is 0.909. The fourth-order valence-corrected chi connectivity index (χ4v) is 3.03. The molecule has 0 aliphatic rings. The van der Waals surface area contributed by atoms with Crippen molar-refractivity contribution in [3.8, 4) is 0 Å². The van der Waals surface area contributed by atoms with E-state index in [0.29, 0.717) is 25.9 Å². The molecule has 9 nitrogen and oxygen atoms in total. The van der Waals surface area contributed by atoms with E-state index in [2.05, 4.69) is 21.3 Å². The van der Waals surface area contributed by atoms with Crippen LogP contribution < -0.4 is 32.7 Å². The number of rotatable bonds is 24. The van der Waals surface area contributed by atoms with E-state index in [-0.39, 0.29) is 11.9 Å². The van der Waals surface area contributed by atoms with E-state index >= 15 is 0 Å². The molecule has 0 unspecified atom stereocenters. The molecule has 0 atom stereocenters. The third-order valence-electron chi connectivity index (χ3n) is 4.80. The van der Waals surface area contributed by atoms with Crippen LogP contribution in [-0.2, 0) is 14.3 Å². The zero-order valence-corrected chi connectivity index (χ0v) is 19.5. The predicted molar refractivity (Wildman–Crippen MR) is 127 cm³/mol. The minimum Gasteiger partial charge on any atom is -0.393 e. The van der Waals surface area contributed by atoms with E-state index in [1.54, 1.807) is 0 Å². The molecule has 184 valence electrons. The van der Waals surface area contributed by atoms with Gasteiger partial charge in [0, 0.05) is 65.2 Å². The van der Waals surface area contributed by atoms with Crippen LogP contribution in [0.3, 0.4) is 0 Å². The van der Waals surface area contributed by atoms with Gasteiger partial charge in [0.1, 0.15) is 0 Å². The van der Waals surface area contributed by atoms with Gasteiger partial charge in [0.15, 0.2) is 0 Å². The average Bonchev–Trinajstić information content (AvgIpc) is 2.75. The van der Waals surface area contributed by atoms with Crippen LogP contribution in [0.5, 0.6) is 0 Å². The number of carbonyl (C=O) groups excluding carboxylic acids is 2. The Morgan fingerprint density at radius 3 is 1.23 bits per heavy atom. The molecule has 0 aliphatic heterocycles. The zero-order valence-electron chi connectivity index (χ0n) is 19.5. The molecule has 0 amide bonds. The summed E-state index contributed by atoms with van der Waals surface area (Å²) in [5.74, 6) is -0.775. The van der Waals surface area contributed by atoms with Gasteiger partial charge >= 0.3 is 11.9 Å². The van der Waals surface area contributed by atoms with Crippen LogP contribution in [0.25, 0.3) is 0 Å². The molecule has 0 aromatic heterocycles. The van der Waals surface area contributed by atoms with Gasteiger partial charge in [-0.3, -0.25) is 9.59 Å². The Balaban J connectivity index is 3.31. The van der Waals surface area contributed by atoms with Crippen molar-refractivity contribution >= 4 is 11.9 Å². The van der Waals surface area contributed by atoms with Gasteiger partial charge in [-0.25, -0.2) is 0 Å². The van der Waals surface area contributed by atoms with E-state index in [4.69, 9.17) is 16.2 Å². The first-order chi connectivity index (χ1) is 15.2. The van der Waals surface area contributed by atoms with Crippen LogP contribution in [0.2, 0.25) is 0 Å². The molecule has 9 heteroatoms. The van der Waals surface area contributed by atoms with Crippen molar-refractivity contribution < 1.29 is 14.3 Å². The fourth-order valence-electron chi connectivity index (χ4n) is 3.03. The Bertz CT molecular complexity index is 377. The van der Waals surface area contributed by atoms with Gasteiger partial charge in [-0.1, -0.05) is 25.7 Å². The number of esters is 2. The summed E-state index contributed by atoms with van der Waals surface area (Å²) in [6.07, 6.45) is 8.49. The van der Waals surface area contributed by atoms with Gasteiger partial charge in [0.25, 0.3) is 0 Å². The number of hydrogen-bond acceptors (Lipinski definition) is 9. The van der Waals surface area contributed by atoms with Gasteiger partial charge in [-0.15, -0.1) is 0 Å². The normalized spacial score (nSPS) is 11.0. The second-order valence-corrected chi connectivity index (χ2v) is 7.75. The summed E-state index contributed by atoms with van der Waals surface area (Å²) in [5.41, 5.74) is 10.8. The summed E-state index contributed by atoms with van der Waals surface area (Å²) in [6.45, 7) is 8.76. The van der Waals surface area contributed by atoms with Crippen molar-refractivity contribution in [2.75, 3.05) is 65.4 Å². The summed E-state index contributed by atoms with van der Waals surface area (Å²) in [6, 6.07) is 0. The van der Waals surface area contributed by atoms with Crippen LogP contribution >= 0.6 is 0 Å². The maximum Gasteiger partial charge on any atom is 0.313 e. The van der Waals surface area contributed by atoms with Crippen LogP contribution in [0.1, 0.15) is 64.2 Å². The number of unbranched alkanes of at least 4 members (excludes halogenated alkanes) is 6. The summed E-state index contributed by atoms with van der Waals surface area (Å²) in [7, 11) is 0. The lowest BCUT2D eigenvalue weighted by molar-refractivity contribution is -0.159. The highest BCUT2D eigenvalue weighted by atomic mass is 16.6. The topological polar surface area (TPSA) is 144 Å². The number of nitrogens with two attached hydrogens (primary N) is 2. The first-order valence-electron chi connectivity index (χ1n) is 12.2. The van der Waals surface area contributed by atoms with E-state index in [0.717, 1.165) is 104 Å². The van der Waals surface area contributed by atoms with E-state index < -0.39 is 0 Å². The summed E-state index contributed by atoms with van der Waals surface area (Å²) >= 11 is 0. The van der Waals surface area contributed by atoms with Gasteiger partial charge in [-0.05, 0) is 38.8 Å². The van der Waals surface area contributed by atoms with E-state index in [1.807, 2.05) is 0 Å². The summed E-state index contributed by atoms with van der Waals surface area (Å²) in [4.78, 5) is 23.4. The highest BCUT2D eigenvalue weighted by Crippen LogP contribution is 2.07. The summed E-state index contributed by atoms with van der Waals surface area (Å²) in [5, 5.41) is 13.2. The molecule has 0 saturated heterocycles. The molecule has 8 N–H and O–H groups in total. The molecule has 0 radical (unpaired) electrons. The SMILES string of the molecule is NCCNCCNCCCCCCC(=O)OC(=O)CCCCCCNCCNCCN. The maximum absolute atomic E-state index is 11.7. The summed E-state index contributed by atoms with van der Waals surface area (Å²) < 4.78 is 4.90. The smallest absolute Gasteiger partial charge is 0.313 e. The van der Waals surface area contributed by atoms with Gasteiger partial charge in [0.2, 0.25) is 0 Å². The van der Waals surface area contributed by atoms with E-state index in [1.165, 1.54) is 0 Å². The third-order valence-corrected chi connectivity index (χ3v) is 4.80. The maximum atomic E-state index is 11.7. The quantitative estimate of drug-likeness (QED) is 0.0700. The van der Waals surface area contributed by atoms with Crippen LogP contribution in [-0.4, -0.2) is 77.4 Å². The standard InChI is InChI=1S/C22H48N6O3/c23-11-15-27-19-17-25-13-7-3-1-5-9-21(29)31-22(30)10-6-2-4-8-14-26-18-20-28-16-12-24/h25-28H,1-20,23-24H2. The largest absolute Gasteiger partial charge is 0.393 e. The lowest BCUT2D eigenvalue weighted by atomic mass is 10.1. The molecular weight excluding hydrogens is 396 g/mol. The molecule has 31 heavy (non-hydrogen) atoms. The minimum atomic E-state index is -0.387. The Labute approximate surface area is 189 Å². The van der Waals surface area contributed by atoms with Crippen LogP contribution in [0.15, 0.2) is 0 Å². The monoisotopic (exact) mass is 444 g/mol. The first kappa shape index (κ1) is 29.9. The molecule has 0 spiro atoms. The van der Waals surface area contributed by atoms with Gasteiger partial charge in [-0.2, -0.15) is 0 Å². The van der Waals surface area contributed by atoms with Crippen LogP contribution in [0.4, 0.5) is 0 Å². The number of nitrogens with one attached hydrogen (secondary N) is 4. The van der Waals surface area contributed by atoms with Crippen molar-refractivity contribution in [1.29, 1.82) is 0 Å². The molecule has 0 heterocycles. The second-order valence-electron chi connectivity index (χ2n) is 7.75. The van der Waals surface area contributed by atoms with Gasteiger partial charge in [0.05, 0.1) is 0 Å². The highest BCUT2D eigenvalue weighted by molar-refractivity contribution is 5.85. The minimum absolute atomic E-state index is 0.327. The number of ether oxygens (including phenoxy) is 1. The predicted octanol–water partition coefficient (Wildman–Crippen LogP) is 0.233. The average molecular weight is 445 g/mol. The van der Waals surface area contributed by atoms with Crippen LogP contribution in [0, 0.1) is 0 Å². The highest BCUT2D eigenvalue weighted by Gasteiger charge is 2.09. The Morgan fingerprint density at radius 1 is 0.484 bits per heavy atom. The molecule has 0 aromatic carbocycles. The molecule has 0 aliphatic carbocycles. The lowest BCUT2D eigenvalue weighted by Gasteiger charge is -2.06.